The number of hydrogen-bond donors (Lipinski definition) is 0. The van der Waals surface area contributed by atoms with Crippen LogP contribution in [0.25, 0.3) is 0 Å². The summed E-state index contributed by atoms with van der Waals surface area (Å²) in [6, 6.07) is 0. The fraction of sp³-hybridized carbons (Fsp3) is 0.500. The minimum absolute atomic E-state index is 0.0304. The van der Waals surface area contributed by atoms with Crippen molar-refractivity contribution in [3.05, 3.63) is 34.3 Å². The zero-order valence-corrected chi connectivity index (χ0v) is 9.00. The molecule has 0 spiro atoms. The molecule has 2 heterocycles. The van der Waals surface area contributed by atoms with Crippen LogP contribution in [-0.2, 0) is 11.8 Å². The summed E-state index contributed by atoms with van der Waals surface area (Å²) < 4.78 is 6.99. The Labute approximate surface area is 92.7 Å². The standard InChI is InChI=1S/C10H13N3O3/c1-12-10(8(7-11-12)13(14)15)9-5-3-2-4-6-16-9/h4,6-7,9H,2-3,5H2,1H3. The Kier molecular flexibility index (Phi) is 2.89. The summed E-state index contributed by atoms with van der Waals surface area (Å²) in [5.74, 6) is 0. The van der Waals surface area contributed by atoms with Crippen molar-refractivity contribution >= 4 is 5.69 Å². The number of aromatic nitrogens is 2. The quantitative estimate of drug-likeness (QED) is 0.568. The van der Waals surface area contributed by atoms with E-state index in [2.05, 4.69) is 5.10 Å². The van der Waals surface area contributed by atoms with E-state index in [1.807, 2.05) is 6.08 Å². The summed E-state index contributed by atoms with van der Waals surface area (Å²) in [5, 5.41) is 14.8. The largest absolute Gasteiger partial charge is 0.492 e. The molecule has 6 heteroatoms. The highest BCUT2D eigenvalue weighted by Gasteiger charge is 2.27. The summed E-state index contributed by atoms with van der Waals surface area (Å²) >= 11 is 0. The molecule has 86 valence electrons. The molecule has 16 heavy (non-hydrogen) atoms. The molecule has 0 saturated carbocycles. The van der Waals surface area contributed by atoms with Crippen molar-refractivity contribution in [2.24, 2.45) is 7.05 Å². The lowest BCUT2D eigenvalue weighted by Crippen LogP contribution is -2.09. The van der Waals surface area contributed by atoms with Gasteiger partial charge in [-0.3, -0.25) is 14.8 Å². The van der Waals surface area contributed by atoms with E-state index in [1.54, 1.807) is 13.3 Å². The van der Waals surface area contributed by atoms with Gasteiger partial charge in [-0.1, -0.05) is 0 Å². The van der Waals surface area contributed by atoms with Crippen molar-refractivity contribution in [1.29, 1.82) is 0 Å². The second-order valence-corrected chi connectivity index (χ2v) is 3.72. The Hall–Kier alpha value is -1.85. The van der Waals surface area contributed by atoms with Crippen LogP contribution in [0.4, 0.5) is 5.69 Å². The molecule has 0 radical (unpaired) electrons. The maximum atomic E-state index is 10.8. The lowest BCUT2D eigenvalue weighted by molar-refractivity contribution is -0.386. The number of aryl methyl sites for hydroxylation is 1. The Bertz CT molecular complexity index is 425. The van der Waals surface area contributed by atoms with Gasteiger partial charge in [-0.15, -0.1) is 0 Å². The molecule has 0 fully saturated rings. The van der Waals surface area contributed by atoms with Gasteiger partial charge >= 0.3 is 5.69 Å². The first-order valence-electron chi connectivity index (χ1n) is 5.17. The molecule has 2 rings (SSSR count). The second kappa shape index (κ2) is 4.34. The van der Waals surface area contributed by atoms with Gasteiger partial charge in [-0.05, 0) is 25.3 Å². The van der Waals surface area contributed by atoms with E-state index in [0.717, 1.165) is 19.3 Å². The molecule has 0 saturated heterocycles. The molecule has 0 amide bonds. The van der Waals surface area contributed by atoms with Crippen LogP contribution in [0.5, 0.6) is 0 Å². The minimum atomic E-state index is -0.416. The van der Waals surface area contributed by atoms with Crippen LogP contribution in [0.3, 0.4) is 0 Å². The van der Waals surface area contributed by atoms with E-state index in [-0.39, 0.29) is 11.8 Å². The summed E-state index contributed by atoms with van der Waals surface area (Å²) in [7, 11) is 1.69. The van der Waals surface area contributed by atoms with E-state index < -0.39 is 4.92 Å². The predicted octanol–water partition coefficient (Wildman–Crippen LogP) is 2.08. The predicted molar refractivity (Wildman–Crippen MR) is 56.7 cm³/mol. The van der Waals surface area contributed by atoms with Gasteiger partial charge < -0.3 is 4.74 Å². The van der Waals surface area contributed by atoms with Crippen molar-refractivity contribution in [2.75, 3.05) is 0 Å². The summed E-state index contributed by atoms with van der Waals surface area (Å²) in [6.45, 7) is 0. The molecule has 1 aliphatic heterocycles. The maximum absolute atomic E-state index is 10.8. The van der Waals surface area contributed by atoms with Crippen LogP contribution < -0.4 is 0 Å². The van der Waals surface area contributed by atoms with E-state index in [9.17, 15) is 10.1 Å². The van der Waals surface area contributed by atoms with Crippen LogP contribution in [-0.4, -0.2) is 14.7 Å². The number of nitrogens with zero attached hydrogens (tertiary/aromatic N) is 3. The minimum Gasteiger partial charge on any atom is -0.492 e. The second-order valence-electron chi connectivity index (χ2n) is 3.72. The van der Waals surface area contributed by atoms with Gasteiger partial charge in [0.25, 0.3) is 0 Å². The molecule has 1 atom stereocenters. The first-order valence-corrected chi connectivity index (χ1v) is 5.17. The summed E-state index contributed by atoms with van der Waals surface area (Å²) in [4.78, 5) is 10.4. The maximum Gasteiger partial charge on any atom is 0.314 e. The summed E-state index contributed by atoms with van der Waals surface area (Å²) in [5.41, 5.74) is 0.569. The SMILES string of the molecule is Cn1ncc([N+](=O)[O-])c1C1CCCC=CO1. The summed E-state index contributed by atoms with van der Waals surface area (Å²) in [6.07, 6.45) is 7.23. The smallest absolute Gasteiger partial charge is 0.314 e. The van der Waals surface area contributed by atoms with Crippen molar-refractivity contribution < 1.29 is 9.66 Å². The first kappa shape index (κ1) is 10.7. The van der Waals surface area contributed by atoms with Gasteiger partial charge in [-0.25, -0.2) is 0 Å². The van der Waals surface area contributed by atoms with Crippen molar-refractivity contribution in [2.45, 2.75) is 25.4 Å². The molecule has 1 unspecified atom stereocenters. The topological polar surface area (TPSA) is 70.2 Å². The lowest BCUT2D eigenvalue weighted by atomic mass is 10.1. The Balaban J connectivity index is 2.34. The molecular weight excluding hydrogens is 210 g/mol. The van der Waals surface area contributed by atoms with E-state index in [4.69, 9.17) is 4.74 Å². The number of hydrogen-bond acceptors (Lipinski definition) is 4. The molecule has 1 aliphatic rings. The van der Waals surface area contributed by atoms with Gasteiger partial charge in [0.2, 0.25) is 0 Å². The van der Waals surface area contributed by atoms with Crippen molar-refractivity contribution in [1.82, 2.24) is 9.78 Å². The highest BCUT2D eigenvalue weighted by atomic mass is 16.6. The van der Waals surface area contributed by atoms with E-state index in [1.165, 1.54) is 10.9 Å². The fourth-order valence-corrected chi connectivity index (χ4v) is 1.86. The zero-order chi connectivity index (χ0) is 11.5. The van der Waals surface area contributed by atoms with Crippen LogP contribution in [0.15, 0.2) is 18.5 Å². The molecule has 0 N–H and O–H groups in total. The van der Waals surface area contributed by atoms with Crippen LogP contribution >= 0.6 is 0 Å². The molecule has 6 nitrogen and oxygen atoms in total. The van der Waals surface area contributed by atoms with Gasteiger partial charge in [0.05, 0.1) is 11.2 Å². The number of ether oxygens (including phenoxy) is 1. The van der Waals surface area contributed by atoms with Gasteiger partial charge in [0, 0.05) is 7.05 Å². The van der Waals surface area contributed by atoms with Gasteiger partial charge in [0.15, 0.2) is 5.69 Å². The third-order valence-electron chi connectivity index (χ3n) is 2.64. The third-order valence-corrected chi connectivity index (χ3v) is 2.64. The highest BCUT2D eigenvalue weighted by Crippen LogP contribution is 2.32. The van der Waals surface area contributed by atoms with Crippen LogP contribution in [0, 0.1) is 10.1 Å². The number of nitro groups is 1. The number of rotatable bonds is 2. The Morgan fingerprint density at radius 1 is 1.69 bits per heavy atom. The molecular formula is C10H13N3O3. The third kappa shape index (κ3) is 1.91. The zero-order valence-electron chi connectivity index (χ0n) is 9.00. The molecule has 0 aliphatic carbocycles. The lowest BCUT2D eigenvalue weighted by Gasteiger charge is -2.14. The molecule has 0 aromatic carbocycles. The normalized spacial score (nSPS) is 20.2. The monoisotopic (exact) mass is 223 g/mol. The average Bonchev–Trinajstić information content (AvgIpc) is 2.50. The van der Waals surface area contributed by atoms with E-state index in [0.29, 0.717) is 5.69 Å². The van der Waals surface area contributed by atoms with Crippen LogP contribution in [0.2, 0.25) is 0 Å². The highest BCUT2D eigenvalue weighted by molar-refractivity contribution is 5.34. The molecule has 1 aromatic heterocycles. The Morgan fingerprint density at radius 3 is 3.25 bits per heavy atom. The molecule has 1 aromatic rings. The van der Waals surface area contributed by atoms with Gasteiger partial charge in [-0.2, -0.15) is 5.10 Å². The van der Waals surface area contributed by atoms with Crippen molar-refractivity contribution in [3.8, 4) is 0 Å². The fourth-order valence-electron chi connectivity index (χ4n) is 1.86. The first-order chi connectivity index (χ1) is 7.70. The average molecular weight is 223 g/mol. The van der Waals surface area contributed by atoms with Crippen LogP contribution in [0.1, 0.15) is 31.1 Å². The van der Waals surface area contributed by atoms with Gasteiger partial charge in [0.1, 0.15) is 12.3 Å². The van der Waals surface area contributed by atoms with Crippen molar-refractivity contribution in [3.63, 3.8) is 0 Å². The number of allylic oxidation sites excluding steroid dienone is 1. The molecule has 0 bridgehead atoms. The van der Waals surface area contributed by atoms with E-state index >= 15 is 0 Å². The Morgan fingerprint density at radius 2 is 2.50 bits per heavy atom.